The molecule has 20 heavy (non-hydrogen) atoms. The van der Waals surface area contributed by atoms with Crippen LogP contribution >= 0.6 is 0 Å². The monoisotopic (exact) mass is 276 g/mol. The first-order chi connectivity index (χ1) is 9.60. The highest BCUT2D eigenvalue weighted by Crippen LogP contribution is 2.24. The van der Waals surface area contributed by atoms with Gasteiger partial charge in [-0.1, -0.05) is 0 Å². The van der Waals surface area contributed by atoms with Crippen molar-refractivity contribution in [1.82, 2.24) is 14.5 Å². The van der Waals surface area contributed by atoms with E-state index in [0.717, 1.165) is 12.1 Å². The molecule has 7 heteroatoms. The van der Waals surface area contributed by atoms with Crippen LogP contribution in [-0.2, 0) is 0 Å². The first-order valence-electron chi connectivity index (χ1n) is 5.74. The summed E-state index contributed by atoms with van der Waals surface area (Å²) >= 11 is 0. The van der Waals surface area contributed by atoms with Gasteiger partial charge in [-0.25, -0.2) is 13.8 Å². The fourth-order valence-corrected chi connectivity index (χ4v) is 1.95. The molecule has 0 saturated heterocycles. The molecule has 0 spiro atoms. The average Bonchev–Trinajstić information content (AvgIpc) is 2.77. The lowest BCUT2D eigenvalue weighted by Crippen LogP contribution is -2.02. The van der Waals surface area contributed by atoms with Crippen LogP contribution in [0.15, 0.2) is 30.3 Å². The molecular weight excluding hydrogens is 266 g/mol. The zero-order valence-corrected chi connectivity index (χ0v) is 10.5. The van der Waals surface area contributed by atoms with E-state index in [2.05, 4.69) is 9.97 Å². The molecule has 102 valence electrons. The van der Waals surface area contributed by atoms with Crippen LogP contribution in [0.3, 0.4) is 0 Å². The summed E-state index contributed by atoms with van der Waals surface area (Å²) in [5.41, 5.74) is 7.10. The van der Waals surface area contributed by atoms with Crippen molar-refractivity contribution >= 4 is 17.1 Å². The van der Waals surface area contributed by atoms with Gasteiger partial charge >= 0.3 is 0 Å². The van der Waals surface area contributed by atoms with Crippen molar-refractivity contribution in [3.05, 3.63) is 42.0 Å². The molecule has 2 heterocycles. The highest BCUT2D eigenvalue weighted by Gasteiger charge is 2.14. The fraction of sp³-hybridized carbons (Fsp3) is 0.0769. The Morgan fingerprint density at radius 3 is 2.60 bits per heavy atom. The number of benzene rings is 1. The number of nitrogens with zero attached hydrogens (tertiary/aromatic N) is 3. The van der Waals surface area contributed by atoms with Gasteiger partial charge in [-0.15, -0.1) is 0 Å². The largest absolute Gasteiger partial charge is 0.481 e. The maximum absolute atomic E-state index is 13.4. The predicted octanol–water partition coefficient (Wildman–Crippen LogP) is 2.29. The topological polar surface area (TPSA) is 66.0 Å². The Labute approximate surface area is 112 Å². The Morgan fingerprint density at radius 1 is 1.10 bits per heavy atom. The third-order valence-electron chi connectivity index (χ3n) is 2.88. The molecule has 1 aromatic carbocycles. The van der Waals surface area contributed by atoms with E-state index in [-0.39, 0.29) is 5.95 Å². The van der Waals surface area contributed by atoms with E-state index >= 15 is 0 Å². The van der Waals surface area contributed by atoms with Gasteiger partial charge in [0.1, 0.15) is 5.52 Å². The van der Waals surface area contributed by atoms with Gasteiger partial charge in [0.05, 0.1) is 12.8 Å². The molecule has 0 fully saturated rings. The number of fused-ring (bicyclic) bond motifs is 1. The normalized spacial score (nSPS) is 10.9. The Hall–Kier alpha value is -2.70. The van der Waals surface area contributed by atoms with Crippen LogP contribution < -0.4 is 10.5 Å². The summed E-state index contributed by atoms with van der Waals surface area (Å²) in [6, 6.07) is 6.79. The number of rotatable bonds is 2. The van der Waals surface area contributed by atoms with Crippen molar-refractivity contribution in [2.24, 2.45) is 0 Å². The highest BCUT2D eigenvalue weighted by atomic mass is 19.2. The van der Waals surface area contributed by atoms with Crippen molar-refractivity contribution in [3.63, 3.8) is 0 Å². The molecule has 0 aliphatic rings. The van der Waals surface area contributed by atoms with Crippen molar-refractivity contribution < 1.29 is 13.5 Å². The van der Waals surface area contributed by atoms with E-state index in [1.807, 2.05) is 0 Å². The summed E-state index contributed by atoms with van der Waals surface area (Å²) < 4.78 is 32.8. The predicted molar refractivity (Wildman–Crippen MR) is 69.7 cm³/mol. The lowest BCUT2D eigenvalue weighted by atomic mass is 10.3. The van der Waals surface area contributed by atoms with Gasteiger partial charge in [-0.05, 0) is 18.2 Å². The second-order valence-electron chi connectivity index (χ2n) is 4.10. The molecule has 0 amide bonds. The molecule has 0 unspecified atom stereocenters. The smallest absolute Gasteiger partial charge is 0.215 e. The number of pyridine rings is 1. The van der Waals surface area contributed by atoms with Crippen LogP contribution in [0.2, 0.25) is 0 Å². The molecule has 2 aromatic heterocycles. The third kappa shape index (κ3) is 1.83. The molecule has 5 nitrogen and oxygen atoms in total. The maximum Gasteiger partial charge on any atom is 0.215 e. The number of nitrogen functional groups attached to an aromatic ring is 1. The van der Waals surface area contributed by atoms with E-state index in [1.54, 1.807) is 12.1 Å². The molecule has 2 N–H and O–H groups in total. The Morgan fingerprint density at radius 2 is 1.90 bits per heavy atom. The SMILES string of the molecule is COc1ccc2nc(N)n(-c3ccc(F)c(F)c3)c2n1. The molecule has 0 atom stereocenters. The van der Waals surface area contributed by atoms with Gasteiger partial charge in [0.2, 0.25) is 11.8 Å². The number of aromatic nitrogens is 3. The van der Waals surface area contributed by atoms with Crippen molar-refractivity contribution in [2.75, 3.05) is 12.8 Å². The van der Waals surface area contributed by atoms with E-state index in [0.29, 0.717) is 22.7 Å². The number of imidazole rings is 1. The first kappa shape index (κ1) is 12.3. The molecular formula is C13H10F2N4O. The minimum atomic E-state index is -0.966. The lowest BCUT2D eigenvalue weighted by molar-refractivity contribution is 0.399. The van der Waals surface area contributed by atoms with Gasteiger partial charge in [0.25, 0.3) is 0 Å². The van der Waals surface area contributed by atoms with Crippen molar-refractivity contribution in [3.8, 4) is 11.6 Å². The Balaban J connectivity index is 2.28. The van der Waals surface area contributed by atoms with Gasteiger partial charge in [-0.2, -0.15) is 4.98 Å². The van der Waals surface area contributed by atoms with E-state index in [9.17, 15) is 8.78 Å². The molecule has 0 bridgehead atoms. The second kappa shape index (κ2) is 4.44. The van der Waals surface area contributed by atoms with E-state index in [4.69, 9.17) is 10.5 Å². The molecule has 0 saturated carbocycles. The van der Waals surface area contributed by atoms with Gasteiger partial charge in [-0.3, -0.25) is 4.57 Å². The van der Waals surface area contributed by atoms with E-state index in [1.165, 1.54) is 17.7 Å². The van der Waals surface area contributed by atoms with Gasteiger partial charge < -0.3 is 10.5 Å². The van der Waals surface area contributed by atoms with Crippen LogP contribution in [-0.4, -0.2) is 21.6 Å². The lowest BCUT2D eigenvalue weighted by Gasteiger charge is -2.06. The van der Waals surface area contributed by atoms with Gasteiger partial charge in [0, 0.05) is 12.1 Å². The maximum atomic E-state index is 13.4. The number of anilines is 1. The number of hydrogen-bond acceptors (Lipinski definition) is 4. The Bertz CT molecular complexity index is 800. The summed E-state index contributed by atoms with van der Waals surface area (Å²) in [6.45, 7) is 0. The molecule has 0 aliphatic heterocycles. The van der Waals surface area contributed by atoms with Crippen molar-refractivity contribution in [1.29, 1.82) is 0 Å². The number of hydrogen-bond donors (Lipinski definition) is 1. The number of ether oxygens (including phenoxy) is 1. The Kier molecular flexibility index (Phi) is 2.74. The first-order valence-corrected chi connectivity index (χ1v) is 5.74. The summed E-state index contributed by atoms with van der Waals surface area (Å²) in [5, 5.41) is 0. The molecule has 3 aromatic rings. The number of halogens is 2. The minimum absolute atomic E-state index is 0.131. The van der Waals surface area contributed by atoms with Crippen LogP contribution in [0, 0.1) is 11.6 Å². The number of methoxy groups -OCH3 is 1. The average molecular weight is 276 g/mol. The van der Waals surface area contributed by atoms with Gasteiger partial charge in [0.15, 0.2) is 17.3 Å². The summed E-state index contributed by atoms with van der Waals surface area (Å²) in [7, 11) is 1.48. The minimum Gasteiger partial charge on any atom is -0.481 e. The summed E-state index contributed by atoms with van der Waals surface area (Å²) in [4.78, 5) is 8.35. The van der Waals surface area contributed by atoms with Crippen LogP contribution in [0.25, 0.3) is 16.9 Å². The standard InChI is InChI=1S/C13H10F2N4O/c1-20-11-5-4-10-12(18-11)19(13(16)17-10)7-2-3-8(14)9(15)6-7/h2-6H,1H3,(H2,16,17). The molecule has 3 rings (SSSR count). The van der Waals surface area contributed by atoms with E-state index < -0.39 is 11.6 Å². The summed E-state index contributed by atoms with van der Waals surface area (Å²) in [5.74, 6) is -1.39. The van der Waals surface area contributed by atoms with Crippen LogP contribution in [0.5, 0.6) is 5.88 Å². The zero-order chi connectivity index (χ0) is 14.3. The second-order valence-corrected chi connectivity index (χ2v) is 4.10. The fourth-order valence-electron chi connectivity index (χ4n) is 1.95. The van der Waals surface area contributed by atoms with Crippen LogP contribution in [0.4, 0.5) is 14.7 Å². The quantitative estimate of drug-likeness (QED) is 0.780. The molecule has 0 aliphatic carbocycles. The highest BCUT2D eigenvalue weighted by molar-refractivity contribution is 5.77. The van der Waals surface area contributed by atoms with Crippen LogP contribution in [0.1, 0.15) is 0 Å². The molecule has 0 radical (unpaired) electrons. The summed E-state index contributed by atoms with van der Waals surface area (Å²) in [6.07, 6.45) is 0. The van der Waals surface area contributed by atoms with Crippen molar-refractivity contribution in [2.45, 2.75) is 0 Å². The third-order valence-corrected chi connectivity index (χ3v) is 2.88. The number of nitrogens with two attached hydrogens (primary N) is 1. The zero-order valence-electron chi connectivity index (χ0n) is 10.5.